The van der Waals surface area contributed by atoms with Crippen LogP contribution in [0.3, 0.4) is 0 Å². The van der Waals surface area contributed by atoms with E-state index in [-0.39, 0.29) is 82.7 Å². The lowest BCUT2D eigenvalue weighted by Gasteiger charge is -2.72. The maximum Gasteiger partial charge on any atom is 0.309 e. The van der Waals surface area contributed by atoms with Gasteiger partial charge in [-0.25, -0.2) is 0 Å². The van der Waals surface area contributed by atoms with Gasteiger partial charge in [0.15, 0.2) is 5.78 Å². The number of ketones is 1. The minimum absolute atomic E-state index is 0.0110. The number of halogens is 1. The number of hydrogen-bond acceptors (Lipinski definition) is 7. The second-order valence-corrected chi connectivity index (χ2v) is 23.3. The third-order valence-electron chi connectivity index (χ3n) is 18.7. The summed E-state index contributed by atoms with van der Waals surface area (Å²) in [4.78, 5) is 66.8. The summed E-state index contributed by atoms with van der Waals surface area (Å²) < 4.78 is 6.41. The Morgan fingerprint density at radius 1 is 0.869 bits per heavy atom. The Bertz CT molecular complexity index is 2010. The Morgan fingerprint density at radius 2 is 1.54 bits per heavy atom. The second kappa shape index (κ2) is 15.5. The van der Waals surface area contributed by atoms with Gasteiger partial charge in [-0.05, 0) is 140 Å². The van der Waals surface area contributed by atoms with E-state index in [1.54, 1.807) is 31.2 Å². The molecule has 0 saturated heterocycles. The number of benzene rings is 1. The molecule has 0 bridgehead atoms. The van der Waals surface area contributed by atoms with E-state index in [0.717, 1.165) is 56.9 Å². The zero-order chi connectivity index (χ0) is 44.9. The highest BCUT2D eigenvalue weighted by atomic mass is 35.5. The molecular formula is C50H71ClN2O8. The molecule has 2 amide bonds. The first-order chi connectivity index (χ1) is 28.3. The number of hydrogen-bond donors (Lipinski definition) is 4. The van der Waals surface area contributed by atoms with Crippen LogP contribution in [-0.2, 0) is 23.9 Å². The number of rotatable bonds is 11. The summed E-state index contributed by atoms with van der Waals surface area (Å²) in [6.45, 7) is 21.4. The quantitative estimate of drug-likeness (QED) is 0.161. The second-order valence-electron chi connectivity index (χ2n) is 22.9. The lowest BCUT2D eigenvalue weighted by atomic mass is 9.33. The number of aliphatic hydroxyl groups is 1. The van der Waals surface area contributed by atoms with E-state index in [0.29, 0.717) is 35.3 Å². The predicted octanol–water partition coefficient (Wildman–Crippen LogP) is 8.97. The first kappa shape index (κ1) is 45.8. The Kier molecular flexibility index (Phi) is 11.6. The number of allylic oxidation sites excluding steroid dienone is 2. The third kappa shape index (κ3) is 7.20. The fourth-order valence-corrected chi connectivity index (χ4v) is 15.0. The fourth-order valence-electron chi connectivity index (χ4n) is 14.9. The monoisotopic (exact) mass is 862 g/mol. The molecule has 61 heavy (non-hydrogen) atoms. The largest absolute Gasteiger partial charge is 0.481 e. The molecule has 11 atom stereocenters. The van der Waals surface area contributed by atoms with E-state index in [1.165, 1.54) is 5.57 Å². The average Bonchev–Trinajstić information content (AvgIpc) is 3.46. The van der Waals surface area contributed by atoms with Crippen molar-refractivity contribution in [3.8, 4) is 0 Å². The van der Waals surface area contributed by atoms with Crippen LogP contribution in [-0.4, -0.2) is 64.5 Å². The summed E-state index contributed by atoms with van der Waals surface area (Å²) in [5.74, 6) is -1.45. The van der Waals surface area contributed by atoms with E-state index in [9.17, 15) is 34.2 Å². The zero-order valence-corrected chi connectivity index (χ0v) is 39.0. The van der Waals surface area contributed by atoms with Crippen LogP contribution < -0.4 is 10.6 Å². The molecule has 4 N–H and O–H groups in total. The standard InChI is InChI=1S/C50H71ClN2O8/c1-28(2)39-34(55)24-50(25-38(56)52-26-46(7,27-54)53-41(57)29-11-13-30(51)14-12-29)22-21-48(9)31(40(39)50)15-16-36-47(8)19-18-37(45(5,6)35(47)17-20-49(36,48)10)61-43(60)33-23-32(42(58)59)44(33,3)4/h11-14,28,31-33,35-37,54H,15-27H2,1-10H3,(H,52,56)(H,53,57)(H,58,59)/t31-,32+,33-,35+,36-,37+,46?,47+,48-,49-,50+/m1/s1. The first-order valence-electron chi connectivity index (χ1n) is 23.0. The highest BCUT2D eigenvalue weighted by Gasteiger charge is 2.70. The minimum atomic E-state index is -1.11. The maximum absolute atomic E-state index is 14.2. The Labute approximate surface area is 368 Å². The van der Waals surface area contributed by atoms with Gasteiger partial charge in [0, 0.05) is 40.8 Å². The third-order valence-corrected chi connectivity index (χ3v) is 18.9. The molecule has 0 spiro atoms. The van der Waals surface area contributed by atoms with Gasteiger partial charge in [-0.15, -0.1) is 0 Å². The van der Waals surface area contributed by atoms with E-state index in [1.807, 2.05) is 13.8 Å². The summed E-state index contributed by atoms with van der Waals surface area (Å²) in [5.41, 5.74) is -0.0974. The number of carboxylic acid groups (broad SMARTS) is 1. The number of fused-ring (bicyclic) bond motifs is 7. The van der Waals surface area contributed by atoms with Crippen molar-refractivity contribution in [3.05, 3.63) is 46.0 Å². The van der Waals surface area contributed by atoms with Crippen LogP contribution in [0.4, 0.5) is 0 Å². The summed E-state index contributed by atoms with van der Waals surface area (Å²) >= 11 is 6.01. The van der Waals surface area contributed by atoms with Gasteiger partial charge in [-0.3, -0.25) is 24.0 Å². The van der Waals surface area contributed by atoms with Crippen molar-refractivity contribution < 1.29 is 38.9 Å². The van der Waals surface area contributed by atoms with E-state index < -0.39 is 34.2 Å². The van der Waals surface area contributed by atoms with Crippen LogP contribution in [0.5, 0.6) is 0 Å². The Balaban J connectivity index is 1.09. The van der Waals surface area contributed by atoms with Gasteiger partial charge in [0.25, 0.3) is 5.91 Å². The van der Waals surface area contributed by atoms with Crippen molar-refractivity contribution in [2.45, 2.75) is 152 Å². The minimum Gasteiger partial charge on any atom is -0.481 e. The lowest BCUT2D eigenvalue weighted by Crippen LogP contribution is -2.66. The van der Waals surface area contributed by atoms with Crippen molar-refractivity contribution in [2.24, 2.45) is 68.0 Å². The van der Waals surface area contributed by atoms with Crippen molar-refractivity contribution in [1.82, 2.24) is 10.6 Å². The van der Waals surface area contributed by atoms with E-state index in [2.05, 4.69) is 59.1 Å². The van der Waals surface area contributed by atoms with Crippen LogP contribution in [0.1, 0.15) is 150 Å². The number of ether oxygens (including phenoxy) is 1. The summed E-state index contributed by atoms with van der Waals surface area (Å²) in [6, 6.07) is 6.49. The molecule has 10 nitrogen and oxygen atoms in total. The predicted molar refractivity (Wildman–Crippen MR) is 234 cm³/mol. The molecule has 0 heterocycles. The van der Waals surface area contributed by atoms with Gasteiger partial charge < -0.3 is 25.6 Å². The number of Topliss-reactive ketones (excluding diaryl/α,β-unsaturated/α-hetero) is 1. The SMILES string of the molecule is CC(C)C1=C2[C@H]3CC[C@@H]4[C@@]5(C)CC[C@H](OC(=O)[C@H]6C[C@@H](C(=O)O)C6(C)C)C(C)(C)[C@@H]5CC[C@@]4(C)[C@]3(C)CC[C@@]2(CC(=O)NCC(C)(CO)NC(=O)c2ccc(Cl)cc2)CC1=O. The number of nitrogens with one attached hydrogen (secondary N) is 2. The van der Waals surface area contributed by atoms with E-state index >= 15 is 0 Å². The number of amides is 2. The zero-order valence-electron chi connectivity index (χ0n) is 38.3. The number of esters is 1. The molecular weight excluding hydrogens is 792 g/mol. The summed E-state index contributed by atoms with van der Waals surface area (Å²) in [7, 11) is 0. The molecule has 6 aliphatic carbocycles. The first-order valence-corrected chi connectivity index (χ1v) is 23.3. The molecule has 11 heteroatoms. The normalized spacial score (nSPS) is 38.1. The molecule has 1 aromatic rings. The molecule has 1 unspecified atom stereocenters. The van der Waals surface area contributed by atoms with E-state index in [4.69, 9.17) is 16.3 Å². The lowest BCUT2D eigenvalue weighted by molar-refractivity contribution is -0.236. The van der Waals surface area contributed by atoms with Gasteiger partial charge in [-0.1, -0.05) is 79.5 Å². The molecule has 5 saturated carbocycles. The molecule has 0 aliphatic heterocycles. The van der Waals surface area contributed by atoms with Gasteiger partial charge in [0.05, 0.1) is 24.0 Å². The smallest absolute Gasteiger partial charge is 0.309 e. The molecule has 1 aromatic carbocycles. The number of carboxylic acids is 1. The van der Waals surface area contributed by atoms with Crippen LogP contribution >= 0.6 is 11.6 Å². The summed E-state index contributed by atoms with van der Waals surface area (Å²) in [5, 5.41) is 26.5. The van der Waals surface area contributed by atoms with Crippen LogP contribution in [0.15, 0.2) is 35.4 Å². The Hall–Kier alpha value is -3.24. The fraction of sp³-hybridized carbons (Fsp3) is 0.740. The topological polar surface area (TPSA) is 159 Å². The molecule has 336 valence electrons. The van der Waals surface area contributed by atoms with Crippen molar-refractivity contribution in [1.29, 1.82) is 0 Å². The molecule has 5 fully saturated rings. The van der Waals surface area contributed by atoms with Gasteiger partial charge in [0.1, 0.15) is 6.10 Å². The molecule has 0 radical (unpaired) electrons. The highest BCUT2D eigenvalue weighted by molar-refractivity contribution is 6.30. The number of aliphatic hydroxyl groups excluding tert-OH is 1. The van der Waals surface area contributed by atoms with Gasteiger partial charge in [-0.2, -0.15) is 0 Å². The van der Waals surface area contributed by atoms with Gasteiger partial charge in [0.2, 0.25) is 5.91 Å². The van der Waals surface area contributed by atoms with Crippen LogP contribution in [0.25, 0.3) is 0 Å². The summed E-state index contributed by atoms with van der Waals surface area (Å²) in [6.07, 6.45) is 8.09. The van der Waals surface area contributed by atoms with Crippen molar-refractivity contribution in [3.63, 3.8) is 0 Å². The molecule has 7 rings (SSSR count). The number of carbonyl (C=O) groups is 5. The van der Waals surface area contributed by atoms with Gasteiger partial charge >= 0.3 is 11.9 Å². The Morgan fingerprint density at radius 3 is 2.15 bits per heavy atom. The van der Waals surface area contributed by atoms with Crippen LogP contribution in [0, 0.1) is 68.0 Å². The van der Waals surface area contributed by atoms with Crippen molar-refractivity contribution in [2.75, 3.05) is 13.2 Å². The number of carbonyl (C=O) groups excluding carboxylic acids is 4. The number of aliphatic carboxylic acids is 1. The van der Waals surface area contributed by atoms with Crippen molar-refractivity contribution >= 4 is 41.1 Å². The molecule has 6 aliphatic rings. The molecule has 0 aromatic heterocycles. The average molecular weight is 864 g/mol. The maximum atomic E-state index is 14.2. The highest BCUT2D eigenvalue weighted by Crippen LogP contribution is 2.77. The van der Waals surface area contributed by atoms with Crippen LogP contribution in [0.2, 0.25) is 5.02 Å².